The van der Waals surface area contributed by atoms with Crippen molar-refractivity contribution in [2.75, 3.05) is 0 Å². The molecule has 0 aliphatic heterocycles. The van der Waals surface area contributed by atoms with Crippen molar-refractivity contribution in [3.05, 3.63) is 35.4 Å². The first-order valence-corrected chi connectivity index (χ1v) is 7.54. The van der Waals surface area contributed by atoms with Crippen LogP contribution in [0.5, 0.6) is 0 Å². The van der Waals surface area contributed by atoms with Crippen LogP contribution in [0.1, 0.15) is 56.0 Å². The van der Waals surface area contributed by atoms with E-state index in [0.717, 1.165) is 23.3 Å². The summed E-state index contributed by atoms with van der Waals surface area (Å²) >= 11 is 0. The highest BCUT2D eigenvalue weighted by Gasteiger charge is 2.59. The molecule has 0 aromatic heterocycles. The molecule has 2 atom stereocenters. The number of fused-ring (bicyclic) bond motifs is 2. The zero-order valence-electron chi connectivity index (χ0n) is 12.9. The topological polar surface area (TPSA) is 29.4 Å². The lowest BCUT2D eigenvalue weighted by Crippen LogP contribution is -2.33. The largest absolute Gasteiger partial charge is 0.277 e. The lowest BCUT2D eigenvalue weighted by Gasteiger charge is -2.34. The van der Waals surface area contributed by atoms with Crippen molar-refractivity contribution in [2.45, 2.75) is 47.0 Å². The van der Waals surface area contributed by atoms with Gasteiger partial charge in [-0.3, -0.25) is 4.79 Å². The third-order valence-corrected chi connectivity index (χ3v) is 6.12. The number of nitrogens with zero attached hydrogens (tertiary/aromatic N) is 1. The van der Waals surface area contributed by atoms with E-state index in [2.05, 4.69) is 25.8 Å². The minimum atomic E-state index is -0.0670. The Bertz CT molecular complexity index is 599. The highest BCUT2D eigenvalue weighted by molar-refractivity contribution is 6.07. The Balaban J connectivity index is 1.95. The number of aliphatic imine (C=N–C) groups is 1. The van der Waals surface area contributed by atoms with Crippen LogP contribution in [-0.2, 0) is 0 Å². The van der Waals surface area contributed by atoms with Crippen molar-refractivity contribution in [3.63, 3.8) is 0 Å². The van der Waals surface area contributed by atoms with Gasteiger partial charge in [-0.2, -0.15) is 0 Å². The predicted molar refractivity (Wildman–Crippen MR) is 82.2 cm³/mol. The SMILES string of the molecule is Cc1ccccc1C(=O)N=C1CC2CCC1(C)C2(C)C. The van der Waals surface area contributed by atoms with Gasteiger partial charge in [0.05, 0.1) is 0 Å². The Kier molecular flexibility index (Phi) is 2.89. The summed E-state index contributed by atoms with van der Waals surface area (Å²) in [5.41, 5.74) is 3.26. The monoisotopic (exact) mass is 269 g/mol. The lowest BCUT2D eigenvalue weighted by molar-refractivity contribution is 0.1000. The Morgan fingerprint density at radius 2 is 1.95 bits per heavy atom. The van der Waals surface area contributed by atoms with E-state index in [1.54, 1.807) is 0 Å². The minimum Gasteiger partial charge on any atom is -0.267 e. The second-order valence-corrected chi connectivity index (χ2v) is 7.17. The third-order valence-electron chi connectivity index (χ3n) is 6.12. The van der Waals surface area contributed by atoms with Crippen LogP contribution in [0.25, 0.3) is 0 Å². The van der Waals surface area contributed by atoms with E-state index in [9.17, 15) is 4.79 Å². The van der Waals surface area contributed by atoms with Gasteiger partial charge >= 0.3 is 0 Å². The number of hydrogen-bond donors (Lipinski definition) is 0. The number of aryl methyl sites for hydroxylation is 1. The molecule has 2 heteroatoms. The van der Waals surface area contributed by atoms with Crippen LogP contribution in [0, 0.1) is 23.7 Å². The maximum atomic E-state index is 12.5. The van der Waals surface area contributed by atoms with Gasteiger partial charge in [0.2, 0.25) is 0 Å². The molecule has 2 saturated carbocycles. The van der Waals surface area contributed by atoms with Crippen LogP contribution in [-0.4, -0.2) is 11.6 Å². The molecular formula is C18H23NO. The minimum absolute atomic E-state index is 0.0670. The van der Waals surface area contributed by atoms with Crippen LogP contribution >= 0.6 is 0 Å². The number of carbonyl (C=O) groups excluding carboxylic acids is 1. The van der Waals surface area contributed by atoms with Crippen molar-refractivity contribution in [2.24, 2.45) is 21.7 Å². The standard InChI is InChI=1S/C18H23NO/c1-12-7-5-6-8-14(12)16(20)19-15-11-13-9-10-18(15,4)17(13,2)3/h5-8,13H,9-11H2,1-4H3. The van der Waals surface area contributed by atoms with Crippen molar-refractivity contribution in [1.29, 1.82) is 0 Å². The van der Waals surface area contributed by atoms with Crippen LogP contribution in [0.2, 0.25) is 0 Å². The molecule has 2 aliphatic rings. The summed E-state index contributed by atoms with van der Waals surface area (Å²) in [6, 6.07) is 7.72. The summed E-state index contributed by atoms with van der Waals surface area (Å²) in [6.45, 7) is 8.95. The quantitative estimate of drug-likeness (QED) is 0.742. The summed E-state index contributed by atoms with van der Waals surface area (Å²) in [7, 11) is 0. The molecule has 2 fully saturated rings. The van der Waals surface area contributed by atoms with Gasteiger partial charge in [0.15, 0.2) is 0 Å². The Hall–Kier alpha value is -1.44. The number of amides is 1. The summed E-state index contributed by atoms with van der Waals surface area (Å²) in [4.78, 5) is 17.0. The first kappa shape index (κ1) is 13.5. The molecule has 0 spiro atoms. The van der Waals surface area contributed by atoms with E-state index in [1.165, 1.54) is 12.8 Å². The fourth-order valence-electron chi connectivity index (χ4n) is 4.09. The van der Waals surface area contributed by atoms with E-state index in [4.69, 9.17) is 0 Å². The van der Waals surface area contributed by atoms with E-state index in [0.29, 0.717) is 5.92 Å². The number of hydrogen-bond acceptors (Lipinski definition) is 1. The summed E-state index contributed by atoms with van der Waals surface area (Å²) in [5.74, 6) is 0.624. The molecule has 106 valence electrons. The highest BCUT2D eigenvalue weighted by Crippen LogP contribution is 2.64. The van der Waals surface area contributed by atoms with Crippen LogP contribution in [0.3, 0.4) is 0 Å². The zero-order valence-corrected chi connectivity index (χ0v) is 12.9. The predicted octanol–water partition coefficient (Wildman–Crippen LogP) is 4.42. The van der Waals surface area contributed by atoms with Gasteiger partial charge in [-0.1, -0.05) is 39.0 Å². The van der Waals surface area contributed by atoms with E-state index < -0.39 is 0 Å². The first-order valence-electron chi connectivity index (χ1n) is 7.54. The van der Waals surface area contributed by atoms with Crippen molar-refractivity contribution in [1.82, 2.24) is 0 Å². The summed E-state index contributed by atoms with van der Waals surface area (Å²) < 4.78 is 0. The molecule has 2 nitrogen and oxygen atoms in total. The molecule has 20 heavy (non-hydrogen) atoms. The fourth-order valence-corrected chi connectivity index (χ4v) is 4.09. The molecule has 0 N–H and O–H groups in total. The average molecular weight is 269 g/mol. The van der Waals surface area contributed by atoms with Gasteiger partial charge in [-0.25, -0.2) is 4.99 Å². The second-order valence-electron chi connectivity index (χ2n) is 7.17. The molecule has 0 heterocycles. The van der Waals surface area contributed by atoms with Crippen molar-refractivity contribution < 1.29 is 4.79 Å². The first-order chi connectivity index (χ1) is 9.36. The Labute approximate surface area is 121 Å². The number of benzene rings is 1. The second kappa shape index (κ2) is 4.28. The van der Waals surface area contributed by atoms with Crippen LogP contribution in [0.15, 0.2) is 29.3 Å². The molecule has 2 aliphatic carbocycles. The molecule has 0 saturated heterocycles. The summed E-state index contributed by atoms with van der Waals surface area (Å²) in [6.07, 6.45) is 3.45. The molecule has 2 bridgehead atoms. The molecule has 1 aromatic carbocycles. The smallest absolute Gasteiger partial charge is 0.267 e. The highest BCUT2D eigenvalue weighted by atomic mass is 16.1. The molecule has 1 aromatic rings. The van der Waals surface area contributed by atoms with Crippen molar-refractivity contribution in [3.8, 4) is 0 Å². The zero-order chi connectivity index (χ0) is 14.5. The Morgan fingerprint density at radius 3 is 2.50 bits per heavy atom. The summed E-state index contributed by atoms with van der Waals surface area (Å²) in [5, 5.41) is 0. The van der Waals surface area contributed by atoms with Gasteiger partial charge in [0.25, 0.3) is 5.91 Å². The molecule has 1 amide bonds. The maximum Gasteiger partial charge on any atom is 0.277 e. The normalized spacial score (nSPS) is 32.8. The fraction of sp³-hybridized carbons (Fsp3) is 0.556. The van der Waals surface area contributed by atoms with Gasteiger partial charge in [-0.15, -0.1) is 0 Å². The Morgan fingerprint density at radius 1 is 1.25 bits per heavy atom. The van der Waals surface area contributed by atoms with E-state index >= 15 is 0 Å². The molecular weight excluding hydrogens is 246 g/mol. The molecule has 2 unspecified atom stereocenters. The maximum absolute atomic E-state index is 12.5. The number of rotatable bonds is 1. The lowest BCUT2D eigenvalue weighted by atomic mass is 9.70. The van der Waals surface area contributed by atoms with Crippen LogP contribution in [0.4, 0.5) is 0 Å². The van der Waals surface area contributed by atoms with E-state index in [1.807, 2.05) is 31.2 Å². The molecule has 0 radical (unpaired) electrons. The van der Waals surface area contributed by atoms with E-state index in [-0.39, 0.29) is 16.7 Å². The van der Waals surface area contributed by atoms with Crippen LogP contribution < -0.4 is 0 Å². The van der Waals surface area contributed by atoms with Gasteiger partial charge in [0, 0.05) is 16.7 Å². The van der Waals surface area contributed by atoms with Gasteiger partial charge < -0.3 is 0 Å². The van der Waals surface area contributed by atoms with Gasteiger partial charge in [0.1, 0.15) is 0 Å². The van der Waals surface area contributed by atoms with Crippen molar-refractivity contribution >= 4 is 11.6 Å². The number of carbonyl (C=O) groups is 1. The third kappa shape index (κ3) is 1.70. The van der Waals surface area contributed by atoms with Gasteiger partial charge in [-0.05, 0) is 49.1 Å². The average Bonchev–Trinajstić information content (AvgIpc) is 2.72. The molecule has 3 rings (SSSR count).